The molecule has 0 aliphatic rings. The summed E-state index contributed by atoms with van der Waals surface area (Å²) >= 11 is 5.74. The molecule has 106 valence electrons. The molecule has 0 unspecified atom stereocenters. The van der Waals surface area contributed by atoms with Crippen molar-refractivity contribution < 1.29 is 14.7 Å². The van der Waals surface area contributed by atoms with E-state index >= 15 is 0 Å². The topological polar surface area (TPSA) is 91.6 Å². The molecule has 1 aromatic heterocycles. The minimum Gasteiger partial charge on any atom is -0.476 e. The van der Waals surface area contributed by atoms with Crippen LogP contribution in [0, 0.1) is 0 Å². The minimum absolute atomic E-state index is 0.283. The van der Waals surface area contributed by atoms with Gasteiger partial charge in [-0.25, -0.2) is 10.2 Å². The zero-order valence-corrected chi connectivity index (χ0v) is 11.4. The number of aromatic nitrogens is 1. The van der Waals surface area contributed by atoms with E-state index < -0.39 is 11.9 Å². The monoisotopic (exact) mass is 303 g/mol. The summed E-state index contributed by atoms with van der Waals surface area (Å²) in [5.74, 6) is -1.78. The van der Waals surface area contributed by atoms with Gasteiger partial charge < -0.3 is 5.11 Å². The Balaban J connectivity index is 2.21. The highest BCUT2D eigenvalue weighted by Crippen LogP contribution is 2.10. The number of rotatable bonds is 4. The first-order valence-corrected chi connectivity index (χ1v) is 6.23. The first kappa shape index (κ1) is 14.7. The molecule has 7 heteroatoms. The molecule has 0 fully saturated rings. The Bertz CT molecular complexity index is 684. The molecule has 2 rings (SSSR count). The van der Waals surface area contributed by atoms with Crippen molar-refractivity contribution in [3.8, 4) is 0 Å². The van der Waals surface area contributed by atoms with Crippen molar-refractivity contribution in [2.24, 2.45) is 5.10 Å². The van der Waals surface area contributed by atoms with Crippen molar-refractivity contribution >= 4 is 29.2 Å². The van der Waals surface area contributed by atoms with Crippen LogP contribution in [0.5, 0.6) is 0 Å². The first-order chi connectivity index (χ1) is 10.1. The molecule has 0 atom stereocenters. The fraction of sp³-hybridized carbons (Fsp3) is 0. The first-order valence-electron chi connectivity index (χ1n) is 5.85. The Morgan fingerprint density at radius 3 is 2.24 bits per heavy atom. The third-order valence-corrected chi connectivity index (χ3v) is 2.78. The third-order valence-electron chi connectivity index (χ3n) is 2.53. The molecule has 2 aromatic rings. The van der Waals surface area contributed by atoms with E-state index in [0.29, 0.717) is 16.1 Å². The van der Waals surface area contributed by atoms with Crippen molar-refractivity contribution in [2.45, 2.75) is 0 Å². The smallest absolute Gasteiger partial charge is 0.356 e. The number of aliphatic carboxylic acids is 1. The molecule has 0 saturated heterocycles. The van der Waals surface area contributed by atoms with Crippen LogP contribution < -0.4 is 5.43 Å². The Labute approximate surface area is 125 Å². The van der Waals surface area contributed by atoms with E-state index in [0.717, 1.165) is 0 Å². The van der Waals surface area contributed by atoms with Gasteiger partial charge in [-0.1, -0.05) is 23.7 Å². The van der Waals surface area contributed by atoms with Crippen LogP contribution in [0.1, 0.15) is 15.9 Å². The van der Waals surface area contributed by atoms with Gasteiger partial charge in [0.2, 0.25) is 0 Å². The van der Waals surface area contributed by atoms with Crippen molar-refractivity contribution in [2.75, 3.05) is 0 Å². The number of carbonyl (C=O) groups is 2. The van der Waals surface area contributed by atoms with Crippen LogP contribution in [0.3, 0.4) is 0 Å². The number of halogens is 1. The lowest BCUT2D eigenvalue weighted by molar-refractivity contribution is -0.129. The fourth-order valence-electron chi connectivity index (χ4n) is 1.52. The van der Waals surface area contributed by atoms with E-state index in [1.54, 1.807) is 12.1 Å². The third kappa shape index (κ3) is 3.87. The maximum absolute atomic E-state index is 11.8. The van der Waals surface area contributed by atoms with Crippen molar-refractivity contribution in [1.29, 1.82) is 0 Å². The zero-order chi connectivity index (χ0) is 15.2. The van der Waals surface area contributed by atoms with E-state index in [1.807, 2.05) is 0 Å². The van der Waals surface area contributed by atoms with Gasteiger partial charge in [0.1, 0.15) is 0 Å². The summed E-state index contributed by atoms with van der Waals surface area (Å²) in [4.78, 5) is 26.8. The summed E-state index contributed by atoms with van der Waals surface area (Å²) in [7, 11) is 0. The molecule has 1 aromatic carbocycles. The van der Waals surface area contributed by atoms with Crippen LogP contribution in [-0.2, 0) is 4.79 Å². The molecule has 0 spiro atoms. The number of nitrogens with one attached hydrogen (secondary N) is 1. The predicted molar refractivity (Wildman–Crippen MR) is 77.3 cm³/mol. The maximum atomic E-state index is 11.8. The second-order valence-corrected chi connectivity index (χ2v) is 4.39. The number of carboxylic acid groups (broad SMARTS) is 1. The van der Waals surface area contributed by atoms with Gasteiger partial charge in [0.15, 0.2) is 5.71 Å². The van der Waals surface area contributed by atoms with E-state index in [9.17, 15) is 9.59 Å². The lowest BCUT2D eigenvalue weighted by Gasteiger charge is -2.03. The molecule has 0 aliphatic carbocycles. The number of hydrogen-bond donors (Lipinski definition) is 2. The Morgan fingerprint density at radius 2 is 1.67 bits per heavy atom. The maximum Gasteiger partial charge on any atom is 0.356 e. The number of carboxylic acids is 1. The summed E-state index contributed by atoms with van der Waals surface area (Å²) in [5, 5.41) is 13.3. The van der Waals surface area contributed by atoms with Gasteiger partial charge in [0.05, 0.1) is 0 Å². The highest BCUT2D eigenvalue weighted by molar-refractivity contribution is 6.42. The van der Waals surface area contributed by atoms with E-state index in [-0.39, 0.29) is 5.71 Å². The number of nitrogens with zero attached hydrogens (tertiary/aromatic N) is 2. The molecule has 21 heavy (non-hydrogen) atoms. The van der Waals surface area contributed by atoms with Gasteiger partial charge in [-0.3, -0.25) is 9.78 Å². The van der Waals surface area contributed by atoms with Crippen LogP contribution in [-0.4, -0.2) is 27.7 Å². The summed E-state index contributed by atoms with van der Waals surface area (Å²) in [6, 6.07) is 9.09. The molecule has 1 amide bonds. The van der Waals surface area contributed by atoms with Gasteiger partial charge in [-0.05, 0) is 24.3 Å². The van der Waals surface area contributed by atoms with E-state index in [1.165, 1.54) is 36.7 Å². The number of benzene rings is 1. The number of hydrogen-bond acceptors (Lipinski definition) is 4. The predicted octanol–water partition coefficient (Wildman–Crippen LogP) is 1.95. The van der Waals surface area contributed by atoms with Crippen molar-refractivity contribution in [1.82, 2.24) is 10.4 Å². The number of carbonyl (C=O) groups excluding carboxylic acids is 1. The highest BCUT2D eigenvalue weighted by Gasteiger charge is 2.13. The fourth-order valence-corrected chi connectivity index (χ4v) is 1.64. The molecular formula is C14H10ClN3O3. The van der Waals surface area contributed by atoms with Crippen molar-refractivity contribution in [3.63, 3.8) is 0 Å². The van der Waals surface area contributed by atoms with Crippen LogP contribution in [0.4, 0.5) is 0 Å². The summed E-state index contributed by atoms with van der Waals surface area (Å²) < 4.78 is 0. The Morgan fingerprint density at radius 1 is 1.05 bits per heavy atom. The Kier molecular flexibility index (Phi) is 4.63. The largest absolute Gasteiger partial charge is 0.476 e. The highest BCUT2D eigenvalue weighted by atomic mass is 35.5. The van der Waals surface area contributed by atoms with Gasteiger partial charge in [0, 0.05) is 28.5 Å². The zero-order valence-electron chi connectivity index (χ0n) is 10.7. The van der Waals surface area contributed by atoms with Crippen LogP contribution in [0.15, 0.2) is 53.9 Å². The quantitative estimate of drug-likeness (QED) is 0.667. The molecule has 0 bridgehead atoms. The number of pyridine rings is 1. The molecular weight excluding hydrogens is 294 g/mol. The molecule has 0 radical (unpaired) electrons. The van der Waals surface area contributed by atoms with E-state index in [2.05, 4.69) is 15.5 Å². The lowest BCUT2D eigenvalue weighted by atomic mass is 10.1. The standard InChI is InChI=1S/C14H10ClN3O3/c15-11-3-1-9(2-4-11)12(14(20)21)17-18-13(19)10-5-7-16-8-6-10/h1-8H,(H,18,19)(H,20,21)/b17-12+. The van der Waals surface area contributed by atoms with Gasteiger partial charge in [-0.2, -0.15) is 5.10 Å². The average molecular weight is 304 g/mol. The molecule has 0 aliphatic heterocycles. The van der Waals surface area contributed by atoms with Crippen LogP contribution >= 0.6 is 11.6 Å². The second-order valence-electron chi connectivity index (χ2n) is 3.95. The second kappa shape index (κ2) is 6.62. The van der Waals surface area contributed by atoms with E-state index in [4.69, 9.17) is 16.7 Å². The van der Waals surface area contributed by atoms with Gasteiger partial charge in [-0.15, -0.1) is 0 Å². The van der Waals surface area contributed by atoms with Gasteiger partial charge >= 0.3 is 5.97 Å². The SMILES string of the molecule is O=C(O)/C(=N/NC(=O)c1ccncc1)c1ccc(Cl)cc1. The lowest BCUT2D eigenvalue weighted by Crippen LogP contribution is -2.24. The van der Waals surface area contributed by atoms with Crippen LogP contribution in [0.25, 0.3) is 0 Å². The molecule has 0 saturated carbocycles. The van der Waals surface area contributed by atoms with Crippen molar-refractivity contribution in [3.05, 3.63) is 64.9 Å². The molecule has 6 nitrogen and oxygen atoms in total. The average Bonchev–Trinajstić information content (AvgIpc) is 2.49. The van der Waals surface area contributed by atoms with Crippen LogP contribution in [0.2, 0.25) is 5.02 Å². The summed E-state index contributed by atoms with van der Waals surface area (Å²) in [5.41, 5.74) is 2.58. The molecule has 2 N–H and O–H groups in total. The summed E-state index contributed by atoms with van der Waals surface area (Å²) in [6.07, 6.45) is 2.91. The Hall–Kier alpha value is -2.73. The number of hydrazone groups is 1. The molecule has 1 heterocycles. The number of amides is 1. The minimum atomic E-state index is -1.26. The summed E-state index contributed by atoms with van der Waals surface area (Å²) in [6.45, 7) is 0. The normalized spacial score (nSPS) is 11.0. The van der Waals surface area contributed by atoms with Gasteiger partial charge in [0.25, 0.3) is 5.91 Å².